The summed E-state index contributed by atoms with van der Waals surface area (Å²) in [5.41, 5.74) is 0.0800. The van der Waals surface area contributed by atoms with Gasteiger partial charge < -0.3 is 30.0 Å². The predicted octanol–water partition coefficient (Wildman–Crippen LogP) is 4.99. The van der Waals surface area contributed by atoms with Gasteiger partial charge in [-0.25, -0.2) is 4.79 Å². The Hall–Kier alpha value is -3.14. The lowest BCUT2D eigenvalue weighted by atomic mass is 9.90. The van der Waals surface area contributed by atoms with Crippen LogP contribution in [-0.4, -0.2) is 65.9 Å². The molecule has 10 nitrogen and oxygen atoms in total. The molecule has 0 aliphatic carbocycles. The first-order chi connectivity index (χ1) is 20.0. The molecule has 0 aromatic heterocycles. The molecular weight excluding hydrogens is 552 g/mol. The zero-order valence-corrected chi connectivity index (χ0v) is 27.7. The highest BCUT2D eigenvalue weighted by Gasteiger charge is 2.36. The van der Waals surface area contributed by atoms with Crippen molar-refractivity contribution in [1.82, 2.24) is 10.6 Å². The van der Waals surface area contributed by atoms with Gasteiger partial charge in [0.25, 0.3) is 0 Å². The van der Waals surface area contributed by atoms with E-state index in [0.29, 0.717) is 37.4 Å². The molecule has 0 saturated heterocycles. The fourth-order valence-electron chi connectivity index (χ4n) is 4.43. The van der Waals surface area contributed by atoms with Crippen LogP contribution in [0, 0.1) is 17.8 Å². The molecule has 0 radical (unpaired) electrons. The number of amides is 2. The minimum atomic E-state index is -1.32. The molecule has 0 fully saturated rings. The highest BCUT2D eigenvalue weighted by molar-refractivity contribution is 5.87. The Bertz CT molecular complexity index is 1030. The zero-order chi connectivity index (χ0) is 32.9. The van der Waals surface area contributed by atoms with Crippen LogP contribution < -0.4 is 15.4 Å². The number of nitrogens with one attached hydrogen (secondary N) is 2. The van der Waals surface area contributed by atoms with Gasteiger partial charge in [0, 0.05) is 12.8 Å². The van der Waals surface area contributed by atoms with Crippen molar-refractivity contribution in [1.29, 1.82) is 0 Å². The molecule has 0 bridgehead atoms. The van der Waals surface area contributed by atoms with E-state index < -0.39 is 53.8 Å². The van der Waals surface area contributed by atoms with Gasteiger partial charge in [-0.2, -0.15) is 0 Å². The Morgan fingerprint density at radius 1 is 0.953 bits per heavy atom. The van der Waals surface area contributed by atoms with Crippen LogP contribution in [0.15, 0.2) is 24.3 Å². The summed E-state index contributed by atoms with van der Waals surface area (Å²) in [6.45, 7) is 16.2. The number of rotatable bonds is 17. The van der Waals surface area contributed by atoms with E-state index in [1.54, 1.807) is 46.9 Å². The number of aliphatic hydroxyl groups excluding tert-OH is 1. The average molecular weight is 607 g/mol. The van der Waals surface area contributed by atoms with Gasteiger partial charge in [0.2, 0.25) is 5.91 Å². The first-order valence-corrected chi connectivity index (χ1v) is 15.3. The van der Waals surface area contributed by atoms with E-state index in [1.165, 1.54) is 6.92 Å². The molecule has 1 rings (SSSR count). The van der Waals surface area contributed by atoms with E-state index in [0.717, 1.165) is 5.56 Å². The van der Waals surface area contributed by atoms with Crippen LogP contribution in [0.1, 0.15) is 93.6 Å². The molecule has 0 aliphatic heterocycles. The maximum atomic E-state index is 13.6. The molecule has 244 valence electrons. The Morgan fingerprint density at radius 2 is 1.56 bits per heavy atom. The Labute approximate surface area is 257 Å². The Kier molecular flexibility index (Phi) is 15.7. The Balaban J connectivity index is 3.10. The number of benzene rings is 1. The summed E-state index contributed by atoms with van der Waals surface area (Å²) in [4.78, 5) is 51.9. The molecular formula is C33H54N2O8. The quantitative estimate of drug-likeness (QED) is 0.211. The third kappa shape index (κ3) is 14.3. The minimum absolute atomic E-state index is 0.0830. The molecule has 0 spiro atoms. The van der Waals surface area contributed by atoms with Gasteiger partial charge in [-0.05, 0) is 70.1 Å². The van der Waals surface area contributed by atoms with Gasteiger partial charge in [0.15, 0.2) is 0 Å². The van der Waals surface area contributed by atoms with Crippen molar-refractivity contribution in [2.75, 3.05) is 7.11 Å². The molecule has 3 N–H and O–H groups in total. The van der Waals surface area contributed by atoms with Crippen LogP contribution in [0.25, 0.3) is 0 Å². The molecule has 0 unspecified atom stereocenters. The van der Waals surface area contributed by atoms with E-state index in [1.807, 2.05) is 39.8 Å². The molecule has 1 aromatic rings. The third-order valence-electron chi connectivity index (χ3n) is 7.25. The Morgan fingerprint density at radius 3 is 2.07 bits per heavy atom. The van der Waals surface area contributed by atoms with Crippen LogP contribution >= 0.6 is 0 Å². The number of hydrogen-bond acceptors (Lipinski definition) is 8. The second-order valence-corrected chi connectivity index (χ2v) is 12.9. The fourth-order valence-corrected chi connectivity index (χ4v) is 4.43. The molecule has 6 atom stereocenters. The molecule has 0 heterocycles. The van der Waals surface area contributed by atoms with Crippen LogP contribution in [0.3, 0.4) is 0 Å². The van der Waals surface area contributed by atoms with Gasteiger partial charge in [0.05, 0.1) is 25.2 Å². The normalized spacial score (nSPS) is 15.8. The van der Waals surface area contributed by atoms with Crippen molar-refractivity contribution >= 4 is 23.8 Å². The van der Waals surface area contributed by atoms with Crippen molar-refractivity contribution in [3.05, 3.63) is 29.8 Å². The van der Waals surface area contributed by atoms with E-state index >= 15 is 0 Å². The van der Waals surface area contributed by atoms with Crippen LogP contribution in [0.4, 0.5) is 4.79 Å². The van der Waals surface area contributed by atoms with Crippen molar-refractivity contribution < 1.29 is 38.5 Å². The van der Waals surface area contributed by atoms with E-state index in [9.17, 15) is 24.3 Å². The van der Waals surface area contributed by atoms with Crippen LogP contribution in [-0.2, 0) is 30.3 Å². The molecule has 0 saturated carbocycles. The predicted molar refractivity (Wildman–Crippen MR) is 166 cm³/mol. The highest BCUT2D eigenvalue weighted by Crippen LogP contribution is 2.19. The lowest BCUT2D eigenvalue weighted by Gasteiger charge is -2.32. The van der Waals surface area contributed by atoms with Gasteiger partial charge in [-0.3, -0.25) is 14.4 Å². The molecule has 43 heavy (non-hydrogen) atoms. The summed E-state index contributed by atoms with van der Waals surface area (Å²) in [6, 6.07) is 5.26. The van der Waals surface area contributed by atoms with E-state index in [2.05, 4.69) is 10.6 Å². The molecule has 0 aliphatic rings. The SMILES string of the molecule is CC[C@H](C)[C@@H](NC(=O)[C@@H](NC(=O)OC(C)(C)C)[C@@H](C)OC(=O)[C@@H](C)Cc1ccc(OC)cc1)[C@@H](O)CC(=O)CCC(C)C. The van der Waals surface area contributed by atoms with Gasteiger partial charge in [-0.15, -0.1) is 0 Å². The van der Waals surface area contributed by atoms with Gasteiger partial charge in [0.1, 0.15) is 29.3 Å². The molecule has 10 heteroatoms. The van der Waals surface area contributed by atoms with Crippen molar-refractivity contribution in [3.8, 4) is 5.75 Å². The summed E-state index contributed by atoms with van der Waals surface area (Å²) in [5, 5.41) is 16.4. The standard InChI is InChI=1S/C33H54N2O8/c1-11-21(4)28(27(37)19-25(36)15-12-20(2)3)34-30(38)29(35-32(40)43-33(7,8)9)23(6)42-31(39)22(5)18-24-13-16-26(41-10)17-14-24/h13-14,16-17,20-23,27-29,37H,11-12,15,18-19H2,1-10H3,(H,34,38)(H,35,40)/t21-,22-,23+,27-,28+,29-/m0/s1. The largest absolute Gasteiger partial charge is 0.497 e. The van der Waals surface area contributed by atoms with E-state index in [4.69, 9.17) is 14.2 Å². The summed E-state index contributed by atoms with van der Waals surface area (Å²) in [7, 11) is 1.58. The van der Waals surface area contributed by atoms with Gasteiger partial charge >= 0.3 is 12.1 Å². The second kappa shape index (κ2) is 17.9. The fraction of sp³-hybridized carbons (Fsp3) is 0.697. The molecule has 2 amide bonds. The van der Waals surface area contributed by atoms with Crippen molar-refractivity contribution in [3.63, 3.8) is 0 Å². The first kappa shape index (κ1) is 37.9. The summed E-state index contributed by atoms with van der Waals surface area (Å²) in [5.74, 6) is -0.937. The highest BCUT2D eigenvalue weighted by atomic mass is 16.6. The van der Waals surface area contributed by atoms with Crippen LogP contribution in [0.2, 0.25) is 0 Å². The lowest BCUT2D eigenvalue weighted by molar-refractivity contribution is -0.155. The second-order valence-electron chi connectivity index (χ2n) is 12.9. The lowest BCUT2D eigenvalue weighted by Crippen LogP contribution is -2.59. The smallest absolute Gasteiger partial charge is 0.408 e. The zero-order valence-electron chi connectivity index (χ0n) is 27.7. The molecule has 1 aromatic carbocycles. The number of Topliss-reactive ketones (excluding diaryl/α,β-unsaturated/α-hetero) is 1. The minimum Gasteiger partial charge on any atom is -0.497 e. The van der Waals surface area contributed by atoms with E-state index in [-0.39, 0.29) is 18.1 Å². The topological polar surface area (TPSA) is 140 Å². The van der Waals surface area contributed by atoms with Gasteiger partial charge in [-0.1, -0.05) is 53.2 Å². The van der Waals surface area contributed by atoms with Crippen LogP contribution in [0.5, 0.6) is 5.75 Å². The number of hydrogen-bond donors (Lipinski definition) is 3. The first-order valence-electron chi connectivity index (χ1n) is 15.3. The monoisotopic (exact) mass is 606 g/mol. The number of ether oxygens (including phenoxy) is 3. The summed E-state index contributed by atoms with van der Waals surface area (Å²) < 4.78 is 16.2. The number of carbonyl (C=O) groups excluding carboxylic acids is 4. The van der Waals surface area contributed by atoms with Crippen molar-refractivity contribution in [2.45, 2.75) is 124 Å². The number of aliphatic hydroxyl groups is 1. The van der Waals surface area contributed by atoms with Crippen molar-refractivity contribution in [2.24, 2.45) is 17.8 Å². The average Bonchev–Trinajstić information content (AvgIpc) is 2.92. The summed E-state index contributed by atoms with van der Waals surface area (Å²) in [6.07, 6.45) is -1.05. The number of methoxy groups -OCH3 is 1. The number of esters is 1. The number of ketones is 1. The summed E-state index contributed by atoms with van der Waals surface area (Å²) >= 11 is 0. The number of alkyl carbamates (subject to hydrolysis) is 1. The maximum Gasteiger partial charge on any atom is 0.408 e. The third-order valence-corrected chi connectivity index (χ3v) is 7.25. The maximum absolute atomic E-state index is 13.6. The number of carbonyl (C=O) groups is 4.